The summed E-state index contributed by atoms with van der Waals surface area (Å²) in [5.41, 5.74) is 3.25. The monoisotopic (exact) mass is 396 g/mol. The highest BCUT2D eigenvalue weighted by molar-refractivity contribution is 5.90. The normalized spacial score (nSPS) is 14.0. The standard InChI is InChI=1S/C25H32O4/c1-6-21(22(7-2)28-24(26)19-13-9-17(4)10-14-19)23(8-3)29-25(27)20-15-11-18(5)12-16-20/h9-16,21-23H,6-8H2,1-5H3. The Kier molecular flexibility index (Phi) is 8.44. The van der Waals surface area contributed by atoms with Crippen LogP contribution in [0.5, 0.6) is 0 Å². The van der Waals surface area contributed by atoms with Crippen molar-refractivity contribution in [1.29, 1.82) is 0 Å². The Bertz CT molecular complexity index is 725. The maximum atomic E-state index is 12.6. The highest BCUT2D eigenvalue weighted by atomic mass is 16.6. The molecule has 4 heteroatoms. The first-order valence-electron chi connectivity index (χ1n) is 10.4. The van der Waals surface area contributed by atoms with Crippen LogP contribution in [0.3, 0.4) is 0 Å². The molecule has 4 nitrogen and oxygen atoms in total. The molecular weight excluding hydrogens is 364 g/mol. The molecule has 0 saturated carbocycles. The third kappa shape index (κ3) is 6.18. The van der Waals surface area contributed by atoms with Crippen LogP contribution in [0.15, 0.2) is 48.5 Å². The topological polar surface area (TPSA) is 52.6 Å². The third-order valence-electron chi connectivity index (χ3n) is 5.32. The maximum Gasteiger partial charge on any atom is 0.338 e. The van der Waals surface area contributed by atoms with Gasteiger partial charge < -0.3 is 9.47 Å². The Morgan fingerprint density at radius 3 is 1.28 bits per heavy atom. The van der Waals surface area contributed by atoms with Gasteiger partial charge in [-0.05, 0) is 57.4 Å². The highest BCUT2D eigenvalue weighted by Crippen LogP contribution is 2.26. The van der Waals surface area contributed by atoms with E-state index in [1.165, 1.54) is 0 Å². The molecule has 0 aliphatic heterocycles. The molecule has 0 N–H and O–H groups in total. The van der Waals surface area contributed by atoms with Gasteiger partial charge in [-0.25, -0.2) is 9.59 Å². The predicted molar refractivity (Wildman–Crippen MR) is 115 cm³/mol. The van der Waals surface area contributed by atoms with Gasteiger partial charge >= 0.3 is 11.9 Å². The molecule has 0 saturated heterocycles. The summed E-state index contributed by atoms with van der Waals surface area (Å²) in [7, 11) is 0. The number of aryl methyl sites for hydroxylation is 2. The lowest BCUT2D eigenvalue weighted by Crippen LogP contribution is -2.37. The first kappa shape index (κ1) is 22.7. The zero-order chi connectivity index (χ0) is 21.4. The van der Waals surface area contributed by atoms with Crippen molar-refractivity contribution < 1.29 is 19.1 Å². The van der Waals surface area contributed by atoms with Gasteiger partial charge in [-0.2, -0.15) is 0 Å². The van der Waals surface area contributed by atoms with Crippen LogP contribution in [0.4, 0.5) is 0 Å². The van der Waals surface area contributed by atoms with E-state index in [1.54, 1.807) is 24.3 Å². The SMILES string of the molecule is CCC(OC(=O)c1ccc(C)cc1)C(CC)C(CC)OC(=O)c1ccc(C)cc1. The van der Waals surface area contributed by atoms with E-state index in [-0.39, 0.29) is 30.1 Å². The summed E-state index contributed by atoms with van der Waals surface area (Å²) in [6.45, 7) is 9.97. The van der Waals surface area contributed by atoms with Crippen LogP contribution in [0.25, 0.3) is 0 Å². The molecule has 156 valence electrons. The van der Waals surface area contributed by atoms with Crippen molar-refractivity contribution >= 4 is 11.9 Å². The van der Waals surface area contributed by atoms with Crippen molar-refractivity contribution in [2.45, 2.75) is 66.1 Å². The average molecular weight is 397 g/mol. The molecule has 0 radical (unpaired) electrons. The minimum absolute atomic E-state index is 0.0613. The maximum absolute atomic E-state index is 12.6. The zero-order valence-corrected chi connectivity index (χ0v) is 18.1. The van der Waals surface area contributed by atoms with E-state index < -0.39 is 0 Å². The van der Waals surface area contributed by atoms with Crippen LogP contribution < -0.4 is 0 Å². The lowest BCUT2D eigenvalue weighted by Gasteiger charge is -2.31. The number of hydrogen-bond acceptors (Lipinski definition) is 4. The van der Waals surface area contributed by atoms with Gasteiger partial charge in [0, 0.05) is 5.92 Å². The molecule has 0 spiro atoms. The van der Waals surface area contributed by atoms with Crippen LogP contribution in [-0.2, 0) is 9.47 Å². The van der Waals surface area contributed by atoms with Crippen LogP contribution in [0.1, 0.15) is 71.9 Å². The zero-order valence-electron chi connectivity index (χ0n) is 18.1. The summed E-state index contributed by atoms with van der Waals surface area (Å²) in [6, 6.07) is 14.7. The fourth-order valence-electron chi connectivity index (χ4n) is 3.50. The quantitative estimate of drug-likeness (QED) is 0.495. The second-order valence-electron chi connectivity index (χ2n) is 7.51. The number of rotatable bonds is 9. The largest absolute Gasteiger partial charge is 0.458 e. The number of benzene rings is 2. The van der Waals surface area contributed by atoms with Crippen LogP contribution in [0.2, 0.25) is 0 Å². The van der Waals surface area contributed by atoms with Crippen LogP contribution in [0, 0.1) is 19.8 Å². The van der Waals surface area contributed by atoms with Gasteiger partial charge in [-0.15, -0.1) is 0 Å². The van der Waals surface area contributed by atoms with Gasteiger partial charge in [-0.1, -0.05) is 56.2 Å². The van der Waals surface area contributed by atoms with Crippen molar-refractivity contribution in [3.05, 3.63) is 70.8 Å². The van der Waals surface area contributed by atoms with E-state index >= 15 is 0 Å². The minimum Gasteiger partial charge on any atom is -0.458 e. The Balaban J connectivity index is 2.11. The third-order valence-corrected chi connectivity index (χ3v) is 5.32. The fraction of sp³-hybridized carbons (Fsp3) is 0.440. The number of ether oxygens (including phenoxy) is 2. The van der Waals surface area contributed by atoms with Gasteiger partial charge in [0.25, 0.3) is 0 Å². The fourth-order valence-corrected chi connectivity index (χ4v) is 3.50. The molecule has 0 heterocycles. The number of hydrogen-bond donors (Lipinski definition) is 0. The average Bonchev–Trinajstić information content (AvgIpc) is 2.73. The summed E-state index contributed by atoms with van der Waals surface area (Å²) >= 11 is 0. The second kappa shape index (κ2) is 10.8. The van der Waals surface area contributed by atoms with Gasteiger partial charge in [0.05, 0.1) is 11.1 Å². The summed E-state index contributed by atoms with van der Waals surface area (Å²) < 4.78 is 11.7. The predicted octanol–water partition coefficient (Wildman–Crippen LogP) is 5.90. The molecule has 2 aromatic carbocycles. The Labute approximate surface area is 174 Å². The summed E-state index contributed by atoms with van der Waals surface area (Å²) in [5.74, 6) is -0.737. The molecule has 2 unspecified atom stereocenters. The lowest BCUT2D eigenvalue weighted by atomic mass is 9.89. The molecule has 0 amide bonds. The van der Waals surface area contributed by atoms with E-state index in [0.29, 0.717) is 24.0 Å². The number of carbonyl (C=O) groups is 2. The number of carbonyl (C=O) groups excluding carboxylic acids is 2. The Morgan fingerprint density at radius 1 is 0.655 bits per heavy atom. The van der Waals surface area contributed by atoms with Gasteiger partial charge in [0.1, 0.15) is 12.2 Å². The molecule has 0 aliphatic carbocycles. The van der Waals surface area contributed by atoms with Crippen molar-refractivity contribution in [3.63, 3.8) is 0 Å². The second-order valence-corrected chi connectivity index (χ2v) is 7.51. The molecule has 0 fully saturated rings. The summed E-state index contributed by atoms with van der Waals surface area (Å²) in [4.78, 5) is 25.2. The minimum atomic E-state index is -0.338. The lowest BCUT2D eigenvalue weighted by molar-refractivity contribution is -0.0362. The molecule has 2 rings (SSSR count). The Hall–Kier alpha value is -2.62. The first-order chi connectivity index (χ1) is 13.9. The summed E-state index contributed by atoms with van der Waals surface area (Å²) in [5, 5.41) is 0. The molecule has 0 bridgehead atoms. The molecule has 0 aromatic heterocycles. The van der Waals surface area contributed by atoms with Gasteiger partial charge in [0.2, 0.25) is 0 Å². The molecule has 2 atom stereocenters. The van der Waals surface area contributed by atoms with Crippen molar-refractivity contribution in [3.8, 4) is 0 Å². The molecule has 2 aromatic rings. The van der Waals surface area contributed by atoms with E-state index in [9.17, 15) is 9.59 Å². The van der Waals surface area contributed by atoms with Crippen LogP contribution in [-0.4, -0.2) is 24.1 Å². The highest BCUT2D eigenvalue weighted by Gasteiger charge is 2.32. The van der Waals surface area contributed by atoms with Crippen LogP contribution >= 0.6 is 0 Å². The number of esters is 2. The molecular formula is C25H32O4. The van der Waals surface area contributed by atoms with Gasteiger partial charge in [0.15, 0.2) is 0 Å². The van der Waals surface area contributed by atoms with E-state index in [4.69, 9.17) is 9.47 Å². The van der Waals surface area contributed by atoms with Crippen molar-refractivity contribution in [2.24, 2.45) is 5.92 Å². The van der Waals surface area contributed by atoms with Crippen molar-refractivity contribution in [2.75, 3.05) is 0 Å². The van der Waals surface area contributed by atoms with E-state index in [1.807, 2.05) is 58.9 Å². The molecule has 0 aliphatic rings. The van der Waals surface area contributed by atoms with E-state index in [0.717, 1.165) is 17.5 Å². The van der Waals surface area contributed by atoms with E-state index in [2.05, 4.69) is 0 Å². The smallest absolute Gasteiger partial charge is 0.338 e. The molecule has 29 heavy (non-hydrogen) atoms. The summed E-state index contributed by atoms with van der Waals surface area (Å²) in [6.07, 6.45) is 1.44. The Morgan fingerprint density at radius 2 is 1.00 bits per heavy atom. The van der Waals surface area contributed by atoms with Crippen molar-refractivity contribution in [1.82, 2.24) is 0 Å². The first-order valence-corrected chi connectivity index (χ1v) is 10.4. The van der Waals surface area contributed by atoms with Gasteiger partial charge in [-0.3, -0.25) is 0 Å².